The Morgan fingerprint density at radius 1 is 1.10 bits per heavy atom. The fourth-order valence-electron chi connectivity index (χ4n) is 3.63. The smallest absolute Gasteiger partial charge is 0.157 e. The van der Waals surface area contributed by atoms with E-state index in [4.69, 9.17) is 4.98 Å². The SMILES string of the molecule is Fc1cccc(-c2cncc3[nH]c(-c4[nH]ncc4C#CC4CCNCC4)nc23)c1. The maximum Gasteiger partial charge on any atom is 0.157 e. The summed E-state index contributed by atoms with van der Waals surface area (Å²) in [4.78, 5) is 12.3. The third-order valence-electron chi connectivity index (χ3n) is 5.16. The van der Waals surface area contributed by atoms with Gasteiger partial charge in [0.15, 0.2) is 5.82 Å². The number of aromatic amines is 2. The van der Waals surface area contributed by atoms with Crippen molar-refractivity contribution in [3.8, 4) is 34.5 Å². The number of hydrogen-bond acceptors (Lipinski definition) is 4. The van der Waals surface area contributed by atoms with Gasteiger partial charge in [-0.05, 0) is 43.6 Å². The molecule has 0 spiro atoms. The Kier molecular flexibility index (Phi) is 4.54. The van der Waals surface area contributed by atoms with E-state index >= 15 is 0 Å². The topological polar surface area (TPSA) is 82.3 Å². The molecule has 0 saturated carbocycles. The monoisotopic (exact) mass is 386 g/mol. The zero-order valence-electron chi connectivity index (χ0n) is 15.7. The number of fused-ring (bicyclic) bond motifs is 1. The summed E-state index contributed by atoms with van der Waals surface area (Å²) in [5.74, 6) is 7.37. The molecule has 1 fully saturated rings. The first kappa shape index (κ1) is 17.6. The van der Waals surface area contributed by atoms with Gasteiger partial charge in [-0.15, -0.1) is 0 Å². The van der Waals surface area contributed by atoms with E-state index < -0.39 is 0 Å². The van der Waals surface area contributed by atoms with Gasteiger partial charge >= 0.3 is 0 Å². The lowest BCUT2D eigenvalue weighted by Gasteiger charge is -2.17. The van der Waals surface area contributed by atoms with Crippen molar-refractivity contribution in [1.82, 2.24) is 30.5 Å². The molecule has 3 aromatic heterocycles. The minimum Gasteiger partial charge on any atom is -0.335 e. The van der Waals surface area contributed by atoms with Crippen LogP contribution in [0.3, 0.4) is 0 Å². The second-order valence-corrected chi connectivity index (χ2v) is 7.13. The molecule has 7 heteroatoms. The van der Waals surface area contributed by atoms with Gasteiger partial charge in [0.1, 0.15) is 11.5 Å². The Morgan fingerprint density at radius 2 is 2.00 bits per heavy atom. The van der Waals surface area contributed by atoms with Crippen LogP contribution in [0, 0.1) is 23.6 Å². The summed E-state index contributed by atoms with van der Waals surface area (Å²) in [6, 6.07) is 6.43. The third kappa shape index (κ3) is 3.50. The van der Waals surface area contributed by atoms with E-state index in [-0.39, 0.29) is 5.82 Å². The fourth-order valence-corrected chi connectivity index (χ4v) is 3.63. The molecule has 0 radical (unpaired) electrons. The molecule has 6 nitrogen and oxygen atoms in total. The highest BCUT2D eigenvalue weighted by Gasteiger charge is 2.15. The summed E-state index contributed by atoms with van der Waals surface area (Å²) < 4.78 is 13.7. The largest absolute Gasteiger partial charge is 0.335 e. The molecule has 5 rings (SSSR count). The van der Waals surface area contributed by atoms with Crippen LogP contribution < -0.4 is 5.32 Å². The molecule has 1 aromatic carbocycles. The van der Waals surface area contributed by atoms with Crippen LogP contribution in [0.2, 0.25) is 0 Å². The minimum absolute atomic E-state index is 0.292. The van der Waals surface area contributed by atoms with E-state index in [9.17, 15) is 4.39 Å². The first-order chi connectivity index (χ1) is 14.3. The molecule has 144 valence electrons. The zero-order valence-corrected chi connectivity index (χ0v) is 15.7. The predicted molar refractivity (Wildman–Crippen MR) is 109 cm³/mol. The highest BCUT2D eigenvalue weighted by Crippen LogP contribution is 2.29. The Balaban J connectivity index is 1.53. The maximum atomic E-state index is 13.7. The Bertz CT molecular complexity index is 1220. The summed E-state index contributed by atoms with van der Waals surface area (Å²) in [6.45, 7) is 2.02. The van der Waals surface area contributed by atoms with Gasteiger partial charge in [-0.25, -0.2) is 9.37 Å². The summed E-state index contributed by atoms with van der Waals surface area (Å²) >= 11 is 0. The summed E-state index contributed by atoms with van der Waals surface area (Å²) in [6.07, 6.45) is 7.27. The molecule has 3 N–H and O–H groups in total. The number of aromatic nitrogens is 5. The van der Waals surface area contributed by atoms with E-state index in [1.54, 1.807) is 24.7 Å². The van der Waals surface area contributed by atoms with Crippen LogP contribution in [-0.2, 0) is 0 Å². The molecule has 4 heterocycles. The highest BCUT2D eigenvalue weighted by molar-refractivity contribution is 5.92. The first-order valence-corrected chi connectivity index (χ1v) is 9.63. The van der Waals surface area contributed by atoms with Crippen molar-refractivity contribution in [3.63, 3.8) is 0 Å². The lowest BCUT2D eigenvalue weighted by atomic mass is 9.98. The van der Waals surface area contributed by atoms with Gasteiger partial charge in [-0.2, -0.15) is 5.10 Å². The van der Waals surface area contributed by atoms with Crippen LogP contribution in [0.1, 0.15) is 18.4 Å². The van der Waals surface area contributed by atoms with Gasteiger partial charge < -0.3 is 10.3 Å². The van der Waals surface area contributed by atoms with Crippen LogP contribution >= 0.6 is 0 Å². The fraction of sp³-hybridized carbons (Fsp3) is 0.227. The molecular weight excluding hydrogens is 367 g/mol. The van der Waals surface area contributed by atoms with Crippen molar-refractivity contribution in [2.45, 2.75) is 12.8 Å². The quantitative estimate of drug-likeness (QED) is 0.461. The van der Waals surface area contributed by atoms with Crippen molar-refractivity contribution < 1.29 is 4.39 Å². The molecule has 29 heavy (non-hydrogen) atoms. The molecule has 1 aliphatic heterocycles. The van der Waals surface area contributed by atoms with Crippen molar-refractivity contribution in [3.05, 3.63) is 54.2 Å². The van der Waals surface area contributed by atoms with E-state index in [2.05, 4.69) is 37.3 Å². The van der Waals surface area contributed by atoms with Gasteiger partial charge in [0.2, 0.25) is 0 Å². The number of rotatable bonds is 2. The number of halogens is 1. The number of hydrogen-bond donors (Lipinski definition) is 3. The summed E-state index contributed by atoms with van der Waals surface area (Å²) in [5.41, 5.74) is 4.56. The number of imidazole rings is 1. The number of H-pyrrole nitrogens is 2. The Morgan fingerprint density at radius 3 is 2.86 bits per heavy atom. The van der Waals surface area contributed by atoms with Crippen molar-refractivity contribution in [2.75, 3.05) is 13.1 Å². The lowest BCUT2D eigenvalue weighted by Crippen LogP contribution is -2.26. The predicted octanol–water partition coefficient (Wildman–Crippen LogP) is 3.51. The van der Waals surface area contributed by atoms with Crippen molar-refractivity contribution >= 4 is 11.0 Å². The van der Waals surface area contributed by atoms with Crippen LogP contribution in [0.5, 0.6) is 0 Å². The van der Waals surface area contributed by atoms with Crippen LogP contribution in [-0.4, -0.2) is 38.2 Å². The molecule has 1 saturated heterocycles. The maximum absolute atomic E-state index is 13.7. The average molecular weight is 386 g/mol. The zero-order chi connectivity index (χ0) is 19.6. The molecule has 0 aliphatic carbocycles. The summed E-state index contributed by atoms with van der Waals surface area (Å²) in [7, 11) is 0. The number of piperidine rings is 1. The first-order valence-electron chi connectivity index (χ1n) is 9.63. The third-order valence-corrected chi connectivity index (χ3v) is 5.16. The molecule has 1 aliphatic rings. The average Bonchev–Trinajstić information content (AvgIpc) is 3.39. The number of pyridine rings is 1. The lowest BCUT2D eigenvalue weighted by molar-refractivity contribution is 0.447. The Hall–Kier alpha value is -3.50. The van der Waals surface area contributed by atoms with Crippen molar-refractivity contribution in [1.29, 1.82) is 0 Å². The van der Waals surface area contributed by atoms with Gasteiger partial charge in [-0.1, -0.05) is 24.0 Å². The van der Waals surface area contributed by atoms with E-state index in [1.807, 2.05) is 6.07 Å². The minimum atomic E-state index is -0.292. The van der Waals surface area contributed by atoms with E-state index in [0.29, 0.717) is 11.7 Å². The standard InChI is InChI=1S/C22H19FN6/c23-17-3-1-2-15(10-17)18-12-25-13-19-21(18)28-22(27-19)20-16(11-26-29-20)5-4-14-6-8-24-9-7-14/h1-3,10-14,24H,6-9H2,(H,26,29)(H,27,28). The van der Waals surface area contributed by atoms with E-state index in [0.717, 1.165) is 59.3 Å². The highest BCUT2D eigenvalue weighted by atomic mass is 19.1. The normalized spacial score (nSPS) is 14.7. The van der Waals surface area contributed by atoms with Gasteiger partial charge in [0.05, 0.1) is 29.0 Å². The molecule has 0 atom stereocenters. The second kappa shape index (κ2) is 7.49. The Labute approximate surface area is 167 Å². The number of nitrogens with zero attached hydrogens (tertiary/aromatic N) is 3. The molecule has 4 aromatic rings. The second-order valence-electron chi connectivity index (χ2n) is 7.13. The van der Waals surface area contributed by atoms with Crippen LogP contribution in [0.15, 0.2) is 42.9 Å². The molecular formula is C22H19FN6. The molecule has 0 amide bonds. The molecule has 0 bridgehead atoms. The van der Waals surface area contributed by atoms with Gasteiger partial charge in [0.25, 0.3) is 0 Å². The summed E-state index contributed by atoms with van der Waals surface area (Å²) in [5, 5.41) is 10.5. The van der Waals surface area contributed by atoms with Crippen LogP contribution in [0.4, 0.5) is 4.39 Å². The van der Waals surface area contributed by atoms with Gasteiger partial charge in [-0.3, -0.25) is 10.1 Å². The molecule has 0 unspecified atom stereocenters. The van der Waals surface area contributed by atoms with Crippen molar-refractivity contribution in [2.24, 2.45) is 5.92 Å². The van der Waals surface area contributed by atoms with Crippen LogP contribution in [0.25, 0.3) is 33.7 Å². The van der Waals surface area contributed by atoms with E-state index in [1.165, 1.54) is 12.1 Å². The number of benzene rings is 1. The number of nitrogens with one attached hydrogen (secondary N) is 3. The van der Waals surface area contributed by atoms with Gasteiger partial charge in [0, 0.05) is 17.7 Å².